The molecule has 0 spiro atoms. The summed E-state index contributed by atoms with van der Waals surface area (Å²) in [4.78, 5) is 12.6. The minimum Gasteiger partial charge on any atom is -0.346 e. The monoisotopic (exact) mass is 344 g/mol. The summed E-state index contributed by atoms with van der Waals surface area (Å²) in [6.45, 7) is 13.2. The van der Waals surface area contributed by atoms with Crippen molar-refractivity contribution in [3.8, 4) is 0 Å². The van der Waals surface area contributed by atoms with Crippen LogP contribution in [0.3, 0.4) is 0 Å². The highest BCUT2D eigenvalue weighted by Crippen LogP contribution is 2.21. The van der Waals surface area contributed by atoms with E-state index in [1.807, 2.05) is 17.7 Å². The first-order chi connectivity index (χ1) is 11.7. The van der Waals surface area contributed by atoms with E-state index in [2.05, 4.69) is 59.8 Å². The van der Waals surface area contributed by atoms with Gasteiger partial charge in [0.05, 0.1) is 5.54 Å². The number of fused-ring (bicyclic) bond motifs is 1. The number of carbonyl (C=O) groups excluding carboxylic acids is 1. The second kappa shape index (κ2) is 6.28. The molecular formula is C18H28N6O. The summed E-state index contributed by atoms with van der Waals surface area (Å²) in [5.41, 5.74) is 1.33. The average molecular weight is 344 g/mol. The summed E-state index contributed by atoms with van der Waals surface area (Å²) >= 11 is 0. The number of aryl methyl sites for hydroxylation is 2. The molecule has 1 atom stereocenters. The fourth-order valence-electron chi connectivity index (χ4n) is 3.42. The minimum absolute atomic E-state index is 0.0774. The highest BCUT2D eigenvalue weighted by molar-refractivity contribution is 5.92. The molecule has 1 aliphatic heterocycles. The summed E-state index contributed by atoms with van der Waals surface area (Å²) in [5, 5.41) is 16.2. The molecule has 3 heterocycles. The van der Waals surface area contributed by atoms with E-state index in [1.54, 1.807) is 0 Å². The number of hydrogen-bond acceptors (Lipinski definition) is 4. The van der Waals surface area contributed by atoms with Gasteiger partial charge in [-0.2, -0.15) is 5.10 Å². The Kier molecular flexibility index (Phi) is 4.43. The van der Waals surface area contributed by atoms with Crippen molar-refractivity contribution < 1.29 is 4.79 Å². The molecule has 0 saturated heterocycles. The van der Waals surface area contributed by atoms with E-state index in [9.17, 15) is 4.79 Å². The summed E-state index contributed by atoms with van der Waals surface area (Å²) < 4.78 is 4.05. The predicted molar refractivity (Wildman–Crippen MR) is 95.6 cm³/mol. The van der Waals surface area contributed by atoms with Gasteiger partial charge in [0.25, 0.3) is 5.91 Å². The van der Waals surface area contributed by atoms with Gasteiger partial charge >= 0.3 is 0 Å². The molecule has 1 aliphatic rings. The summed E-state index contributed by atoms with van der Waals surface area (Å²) in [6.07, 6.45) is 1.71. The van der Waals surface area contributed by atoms with Gasteiger partial charge in [-0.05, 0) is 40.2 Å². The van der Waals surface area contributed by atoms with Crippen LogP contribution < -0.4 is 5.32 Å². The van der Waals surface area contributed by atoms with E-state index in [0.29, 0.717) is 11.6 Å². The van der Waals surface area contributed by atoms with Crippen molar-refractivity contribution >= 4 is 5.91 Å². The highest BCUT2D eigenvalue weighted by Gasteiger charge is 2.26. The van der Waals surface area contributed by atoms with E-state index in [1.165, 1.54) is 0 Å². The predicted octanol–water partition coefficient (Wildman–Crippen LogP) is 2.41. The smallest absolute Gasteiger partial charge is 0.272 e. The van der Waals surface area contributed by atoms with Crippen molar-refractivity contribution in [1.82, 2.24) is 29.9 Å². The van der Waals surface area contributed by atoms with Crippen LogP contribution in [0.1, 0.15) is 74.8 Å². The maximum atomic E-state index is 12.6. The Labute approximate surface area is 148 Å². The molecule has 7 nitrogen and oxygen atoms in total. The molecular weight excluding hydrogens is 316 g/mol. The lowest BCUT2D eigenvalue weighted by atomic mass is 10.1. The van der Waals surface area contributed by atoms with E-state index in [-0.39, 0.29) is 17.5 Å². The van der Waals surface area contributed by atoms with Crippen LogP contribution in [0.5, 0.6) is 0 Å². The fourth-order valence-corrected chi connectivity index (χ4v) is 3.42. The van der Waals surface area contributed by atoms with Crippen molar-refractivity contribution in [2.45, 2.75) is 78.4 Å². The first-order valence-corrected chi connectivity index (χ1v) is 8.97. The maximum absolute atomic E-state index is 12.6. The van der Waals surface area contributed by atoms with Gasteiger partial charge in [0.15, 0.2) is 0 Å². The molecule has 0 aromatic carbocycles. The Morgan fingerprint density at radius 1 is 1.32 bits per heavy atom. The van der Waals surface area contributed by atoms with E-state index < -0.39 is 0 Å². The lowest BCUT2D eigenvalue weighted by Crippen LogP contribution is -2.41. The van der Waals surface area contributed by atoms with Gasteiger partial charge in [-0.15, -0.1) is 10.2 Å². The van der Waals surface area contributed by atoms with Gasteiger partial charge in [-0.25, -0.2) is 0 Å². The molecule has 7 heteroatoms. The van der Waals surface area contributed by atoms with Crippen molar-refractivity contribution in [2.24, 2.45) is 0 Å². The molecule has 1 amide bonds. The number of hydrogen-bond donors (Lipinski definition) is 1. The number of rotatable bonds is 3. The molecule has 0 aliphatic carbocycles. The maximum Gasteiger partial charge on any atom is 0.272 e. The third-order valence-electron chi connectivity index (χ3n) is 4.58. The Morgan fingerprint density at radius 2 is 2.04 bits per heavy atom. The Hall–Kier alpha value is -2.18. The first kappa shape index (κ1) is 17.6. The molecule has 0 radical (unpaired) electrons. The summed E-state index contributed by atoms with van der Waals surface area (Å²) in [5.74, 6) is 2.21. The Balaban J connectivity index is 1.73. The van der Waals surface area contributed by atoms with Crippen molar-refractivity contribution in [3.63, 3.8) is 0 Å². The normalized spacial score (nSPS) is 17.6. The molecule has 0 saturated carbocycles. The van der Waals surface area contributed by atoms with Crippen LogP contribution in [-0.2, 0) is 18.5 Å². The molecule has 25 heavy (non-hydrogen) atoms. The molecule has 0 bridgehead atoms. The lowest BCUT2D eigenvalue weighted by Gasteiger charge is -2.25. The van der Waals surface area contributed by atoms with E-state index >= 15 is 0 Å². The van der Waals surface area contributed by atoms with Crippen molar-refractivity contribution in [1.29, 1.82) is 0 Å². The van der Waals surface area contributed by atoms with Gasteiger partial charge < -0.3 is 9.88 Å². The quantitative estimate of drug-likeness (QED) is 0.927. The molecule has 3 rings (SSSR count). The number of amides is 1. The second-order valence-electron chi connectivity index (χ2n) is 8.20. The molecule has 0 fully saturated rings. The lowest BCUT2D eigenvalue weighted by molar-refractivity contribution is 0.0920. The number of nitrogens with zero attached hydrogens (tertiary/aromatic N) is 5. The highest BCUT2D eigenvalue weighted by atomic mass is 16.2. The minimum atomic E-state index is -0.142. The zero-order chi connectivity index (χ0) is 18.4. The summed E-state index contributed by atoms with van der Waals surface area (Å²) in [7, 11) is 0. The van der Waals surface area contributed by atoms with Crippen molar-refractivity contribution in [2.75, 3.05) is 0 Å². The zero-order valence-corrected chi connectivity index (χ0v) is 16.0. The molecule has 2 aromatic rings. The first-order valence-electron chi connectivity index (χ1n) is 8.97. The standard InChI is InChI=1S/C18H28N6O/c1-11(2)16-21-20-15-8-7-13(10-23(15)16)19-17(25)14-9-12(3)24(22-14)18(4,5)6/h9,11,13H,7-8,10H2,1-6H3,(H,19,25)/t13-/m1/s1. The van der Waals surface area contributed by atoms with Gasteiger partial charge in [0.2, 0.25) is 0 Å². The zero-order valence-electron chi connectivity index (χ0n) is 16.0. The van der Waals surface area contributed by atoms with Gasteiger partial charge in [0.1, 0.15) is 17.3 Å². The van der Waals surface area contributed by atoms with Gasteiger partial charge in [0, 0.05) is 30.6 Å². The number of carbonyl (C=O) groups is 1. The Bertz CT molecular complexity index is 780. The molecule has 136 valence electrons. The van der Waals surface area contributed by atoms with Crippen LogP contribution >= 0.6 is 0 Å². The molecule has 1 N–H and O–H groups in total. The van der Waals surface area contributed by atoms with Gasteiger partial charge in [-0.3, -0.25) is 9.48 Å². The van der Waals surface area contributed by atoms with Crippen LogP contribution in [0, 0.1) is 6.92 Å². The fraction of sp³-hybridized carbons (Fsp3) is 0.667. The topological polar surface area (TPSA) is 77.6 Å². The van der Waals surface area contributed by atoms with Crippen LogP contribution in [-0.4, -0.2) is 36.5 Å². The SMILES string of the molecule is Cc1cc(C(=O)N[C@@H]2CCc3nnc(C(C)C)n3C2)nn1C(C)(C)C. The third-order valence-corrected chi connectivity index (χ3v) is 4.58. The van der Waals surface area contributed by atoms with Gasteiger partial charge in [-0.1, -0.05) is 13.8 Å². The summed E-state index contributed by atoms with van der Waals surface area (Å²) in [6, 6.07) is 1.93. The second-order valence-corrected chi connectivity index (χ2v) is 8.20. The average Bonchev–Trinajstić information content (AvgIpc) is 3.09. The Morgan fingerprint density at radius 3 is 2.64 bits per heavy atom. The molecule has 0 unspecified atom stereocenters. The van der Waals surface area contributed by atoms with Crippen LogP contribution in [0.2, 0.25) is 0 Å². The third kappa shape index (κ3) is 3.45. The molecule has 2 aromatic heterocycles. The van der Waals surface area contributed by atoms with E-state index in [4.69, 9.17) is 0 Å². The van der Waals surface area contributed by atoms with Crippen molar-refractivity contribution in [3.05, 3.63) is 29.1 Å². The van der Waals surface area contributed by atoms with E-state index in [0.717, 1.165) is 36.7 Å². The van der Waals surface area contributed by atoms with Crippen LogP contribution in [0.4, 0.5) is 0 Å². The number of aromatic nitrogens is 5. The van der Waals surface area contributed by atoms with Crippen LogP contribution in [0.15, 0.2) is 6.07 Å². The largest absolute Gasteiger partial charge is 0.346 e. The number of nitrogens with one attached hydrogen (secondary N) is 1. The van der Waals surface area contributed by atoms with Crippen LogP contribution in [0.25, 0.3) is 0 Å².